The molecule has 2 amide bonds. The van der Waals surface area contributed by atoms with Crippen LogP contribution >= 0.6 is 0 Å². The van der Waals surface area contributed by atoms with Crippen molar-refractivity contribution in [2.24, 2.45) is 23.2 Å². The van der Waals surface area contributed by atoms with Crippen molar-refractivity contribution in [2.75, 3.05) is 11.9 Å². The Morgan fingerprint density at radius 2 is 1.57 bits per heavy atom. The molecule has 6 heteroatoms. The van der Waals surface area contributed by atoms with Crippen molar-refractivity contribution >= 4 is 23.5 Å². The van der Waals surface area contributed by atoms with Gasteiger partial charge in [0.25, 0.3) is 0 Å². The number of benzene rings is 1. The van der Waals surface area contributed by atoms with Crippen molar-refractivity contribution in [3.05, 3.63) is 24.3 Å². The maximum Gasteiger partial charge on any atom is 0.312 e. The fourth-order valence-corrected chi connectivity index (χ4v) is 5.85. The molecule has 4 aliphatic carbocycles. The second-order valence-electron chi connectivity index (χ2n) is 8.88. The molecule has 0 heterocycles. The highest BCUT2D eigenvalue weighted by atomic mass is 16.5. The minimum Gasteiger partial charge on any atom is -0.426 e. The topological polar surface area (TPSA) is 84.5 Å². The van der Waals surface area contributed by atoms with E-state index in [1.54, 1.807) is 24.3 Å². The predicted molar refractivity (Wildman–Crippen MR) is 105 cm³/mol. The van der Waals surface area contributed by atoms with E-state index in [9.17, 15) is 14.4 Å². The Morgan fingerprint density at radius 3 is 2.11 bits per heavy atom. The average molecular weight is 384 g/mol. The van der Waals surface area contributed by atoms with Crippen LogP contribution in [0.15, 0.2) is 24.3 Å². The van der Waals surface area contributed by atoms with Crippen molar-refractivity contribution in [2.45, 2.75) is 51.9 Å². The molecule has 4 bridgehead atoms. The summed E-state index contributed by atoms with van der Waals surface area (Å²) in [7, 11) is 0. The lowest BCUT2D eigenvalue weighted by molar-refractivity contribution is -0.146. The standard InChI is InChI=1S/C22H28N2O4/c1-14(25)24-18-2-4-19(5-3-18)28-20(26)6-7-23-21(27)22-11-15-8-16(12-22)10-17(9-15)13-22/h2-5,15-17H,6-13H2,1H3,(H,23,27)(H,24,25). The summed E-state index contributed by atoms with van der Waals surface area (Å²) in [6.07, 6.45) is 7.13. The third kappa shape index (κ3) is 4.05. The SMILES string of the molecule is CC(=O)Nc1ccc(OC(=O)CCNC(=O)C23CC4CC(CC(C4)C2)C3)cc1. The normalized spacial score (nSPS) is 30.0. The number of hydrogen-bond donors (Lipinski definition) is 2. The van der Waals surface area contributed by atoms with Gasteiger partial charge >= 0.3 is 5.97 Å². The molecule has 1 aromatic carbocycles. The van der Waals surface area contributed by atoms with Gasteiger partial charge in [0.05, 0.1) is 6.42 Å². The van der Waals surface area contributed by atoms with Gasteiger partial charge in [0, 0.05) is 24.6 Å². The van der Waals surface area contributed by atoms with E-state index in [-0.39, 0.29) is 29.6 Å². The first-order chi connectivity index (χ1) is 13.4. The summed E-state index contributed by atoms with van der Waals surface area (Å²) in [5.41, 5.74) is 0.466. The molecule has 0 aromatic heterocycles. The maximum absolute atomic E-state index is 12.9. The van der Waals surface area contributed by atoms with Crippen LogP contribution in [0.3, 0.4) is 0 Å². The molecular formula is C22H28N2O4. The van der Waals surface area contributed by atoms with Gasteiger partial charge in [-0.05, 0) is 80.5 Å². The number of hydrogen-bond acceptors (Lipinski definition) is 4. The van der Waals surface area contributed by atoms with Gasteiger partial charge in [-0.2, -0.15) is 0 Å². The largest absolute Gasteiger partial charge is 0.426 e. The van der Waals surface area contributed by atoms with Gasteiger partial charge < -0.3 is 15.4 Å². The first kappa shape index (κ1) is 19.0. The number of esters is 1. The molecule has 4 saturated carbocycles. The number of amides is 2. The van der Waals surface area contributed by atoms with E-state index in [0.29, 0.717) is 18.0 Å². The highest BCUT2D eigenvalue weighted by Crippen LogP contribution is 2.60. The van der Waals surface area contributed by atoms with Crippen LogP contribution in [-0.4, -0.2) is 24.3 Å². The van der Waals surface area contributed by atoms with E-state index in [4.69, 9.17) is 4.74 Å². The summed E-state index contributed by atoms with van der Waals surface area (Å²) in [5, 5.41) is 5.66. The first-order valence-corrected chi connectivity index (χ1v) is 10.3. The third-order valence-electron chi connectivity index (χ3n) is 6.54. The molecule has 0 aliphatic heterocycles. The van der Waals surface area contributed by atoms with Crippen molar-refractivity contribution < 1.29 is 19.1 Å². The monoisotopic (exact) mass is 384 g/mol. The third-order valence-corrected chi connectivity index (χ3v) is 6.54. The Bertz CT molecular complexity index is 736. The van der Waals surface area contributed by atoms with Crippen LogP contribution in [0.25, 0.3) is 0 Å². The number of nitrogens with one attached hydrogen (secondary N) is 2. The van der Waals surface area contributed by atoms with Gasteiger partial charge in [0.2, 0.25) is 11.8 Å². The number of carbonyl (C=O) groups is 3. The molecule has 0 spiro atoms. The molecule has 150 valence electrons. The lowest BCUT2D eigenvalue weighted by atomic mass is 9.49. The number of carbonyl (C=O) groups excluding carboxylic acids is 3. The molecule has 6 nitrogen and oxygen atoms in total. The van der Waals surface area contributed by atoms with Crippen molar-refractivity contribution in [3.63, 3.8) is 0 Å². The van der Waals surface area contributed by atoms with Gasteiger partial charge in [0.15, 0.2) is 0 Å². The van der Waals surface area contributed by atoms with Crippen LogP contribution in [0.4, 0.5) is 5.69 Å². The highest BCUT2D eigenvalue weighted by molar-refractivity contribution is 5.88. The van der Waals surface area contributed by atoms with E-state index in [1.807, 2.05) is 0 Å². The van der Waals surface area contributed by atoms with Gasteiger partial charge in [-0.3, -0.25) is 14.4 Å². The van der Waals surface area contributed by atoms with E-state index >= 15 is 0 Å². The lowest BCUT2D eigenvalue weighted by Crippen LogP contribution is -2.53. The number of anilines is 1. The Kier molecular flexibility index (Phi) is 5.13. The summed E-state index contributed by atoms with van der Waals surface area (Å²) in [6.45, 7) is 1.75. The van der Waals surface area contributed by atoms with Gasteiger partial charge in [-0.15, -0.1) is 0 Å². The zero-order valence-corrected chi connectivity index (χ0v) is 16.3. The van der Waals surface area contributed by atoms with Crippen molar-refractivity contribution in [3.8, 4) is 5.75 Å². The van der Waals surface area contributed by atoms with E-state index < -0.39 is 0 Å². The Balaban J connectivity index is 1.23. The Morgan fingerprint density at radius 1 is 1.00 bits per heavy atom. The fraction of sp³-hybridized carbons (Fsp3) is 0.591. The summed E-state index contributed by atoms with van der Waals surface area (Å²) in [4.78, 5) is 35.9. The van der Waals surface area contributed by atoms with Crippen LogP contribution in [0.1, 0.15) is 51.9 Å². The molecule has 0 unspecified atom stereocenters. The zero-order chi connectivity index (χ0) is 19.7. The molecule has 0 atom stereocenters. The molecule has 4 fully saturated rings. The molecule has 1 aromatic rings. The quantitative estimate of drug-likeness (QED) is 0.582. The van der Waals surface area contributed by atoms with Gasteiger partial charge in [-0.1, -0.05) is 0 Å². The first-order valence-electron chi connectivity index (χ1n) is 10.3. The molecule has 4 aliphatic rings. The Hall–Kier alpha value is -2.37. The zero-order valence-electron chi connectivity index (χ0n) is 16.3. The van der Waals surface area contributed by atoms with E-state index in [0.717, 1.165) is 37.0 Å². The number of ether oxygens (including phenoxy) is 1. The average Bonchev–Trinajstić information content (AvgIpc) is 2.61. The van der Waals surface area contributed by atoms with Gasteiger partial charge in [-0.25, -0.2) is 0 Å². The van der Waals surface area contributed by atoms with Crippen LogP contribution in [0.2, 0.25) is 0 Å². The second kappa shape index (κ2) is 7.57. The lowest BCUT2D eigenvalue weighted by Gasteiger charge is -2.55. The summed E-state index contributed by atoms with van der Waals surface area (Å²) in [6, 6.07) is 6.63. The van der Waals surface area contributed by atoms with Crippen LogP contribution in [-0.2, 0) is 14.4 Å². The fourth-order valence-electron chi connectivity index (χ4n) is 5.85. The summed E-state index contributed by atoms with van der Waals surface area (Å²) >= 11 is 0. The molecule has 2 N–H and O–H groups in total. The van der Waals surface area contributed by atoms with Crippen LogP contribution < -0.4 is 15.4 Å². The van der Waals surface area contributed by atoms with E-state index in [2.05, 4.69) is 10.6 Å². The smallest absolute Gasteiger partial charge is 0.312 e. The molecular weight excluding hydrogens is 356 g/mol. The van der Waals surface area contributed by atoms with Crippen LogP contribution in [0.5, 0.6) is 5.75 Å². The van der Waals surface area contributed by atoms with Crippen LogP contribution in [0, 0.1) is 23.2 Å². The van der Waals surface area contributed by atoms with Crippen molar-refractivity contribution in [1.82, 2.24) is 5.32 Å². The minimum atomic E-state index is -0.377. The highest BCUT2D eigenvalue weighted by Gasteiger charge is 2.54. The summed E-state index contributed by atoms with van der Waals surface area (Å²) in [5.74, 6) is 2.20. The number of rotatable bonds is 6. The summed E-state index contributed by atoms with van der Waals surface area (Å²) < 4.78 is 5.30. The van der Waals surface area contributed by atoms with E-state index in [1.165, 1.54) is 26.2 Å². The van der Waals surface area contributed by atoms with Crippen molar-refractivity contribution in [1.29, 1.82) is 0 Å². The molecule has 28 heavy (non-hydrogen) atoms. The predicted octanol–water partition coefficient (Wildman–Crippen LogP) is 3.27. The molecule has 0 saturated heterocycles. The Labute approximate surface area is 165 Å². The second-order valence-corrected chi connectivity index (χ2v) is 8.88. The molecule has 5 rings (SSSR count). The van der Waals surface area contributed by atoms with Gasteiger partial charge in [0.1, 0.15) is 5.75 Å². The minimum absolute atomic E-state index is 0.138. The molecule has 0 radical (unpaired) electrons. The maximum atomic E-state index is 12.9.